The van der Waals surface area contributed by atoms with Crippen molar-refractivity contribution in [2.45, 2.75) is 36.2 Å². The van der Waals surface area contributed by atoms with Gasteiger partial charge in [0.1, 0.15) is 0 Å². The fourth-order valence-electron chi connectivity index (χ4n) is 3.74. The fourth-order valence-corrected chi connectivity index (χ4v) is 7.14. The summed E-state index contributed by atoms with van der Waals surface area (Å²) in [5.74, 6) is -0.0319. The predicted octanol–water partition coefficient (Wildman–Crippen LogP) is 4.44. The number of fused-ring (bicyclic) bond motifs is 3. The first-order valence-electron chi connectivity index (χ1n) is 9.21. The molecule has 0 aliphatic carbocycles. The molecule has 3 fully saturated rings. The second kappa shape index (κ2) is 7.33. The highest BCUT2D eigenvalue weighted by atomic mass is 33.1. The molecule has 2 aromatic rings. The van der Waals surface area contributed by atoms with E-state index >= 15 is 0 Å². The van der Waals surface area contributed by atoms with Crippen LogP contribution in [0.1, 0.15) is 24.5 Å². The molecule has 3 aliphatic heterocycles. The first-order chi connectivity index (χ1) is 13.5. The van der Waals surface area contributed by atoms with Crippen molar-refractivity contribution in [3.8, 4) is 0 Å². The molecule has 3 saturated heterocycles. The van der Waals surface area contributed by atoms with Crippen molar-refractivity contribution >= 4 is 33.4 Å². The Morgan fingerprint density at radius 1 is 0.857 bits per heavy atom. The third kappa shape index (κ3) is 2.95. The van der Waals surface area contributed by atoms with Gasteiger partial charge in [0.15, 0.2) is 9.74 Å². The molecule has 0 radical (unpaired) electrons. The first-order valence-corrected chi connectivity index (χ1v) is 11.4. The fraction of sp³-hybridized carbons (Fsp3) is 0.273. The van der Waals surface area contributed by atoms with Gasteiger partial charge in [0.25, 0.3) is 11.8 Å². The van der Waals surface area contributed by atoms with Crippen LogP contribution in [0.2, 0.25) is 0 Å². The van der Waals surface area contributed by atoms with E-state index in [1.54, 1.807) is 15.9 Å². The summed E-state index contributed by atoms with van der Waals surface area (Å²) in [7, 11) is 2.99. The summed E-state index contributed by atoms with van der Waals surface area (Å²) in [5.41, 5.74) is 2.04. The second-order valence-electron chi connectivity index (χ2n) is 7.18. The Balaban J connectivity index is 1.73. The summed E-state index contributed by atoms with van der Waals surface area (Å²) in [6.45, 7) is 6.57. The maximum Gasteiger partial charge on any atom is 0.262 e. The van der Waals surface area contributed by atoms with Gasteiger partial charge in [-0.05, 0) is 18.1 Å². The molecule has 0 unspecified atom stereocenters. The molecular weight excluding hydrogens is 388 g/mol. The SMILES string of the molecule is C=CC[C@@]12SS[C@](C)(C(=O)N1Cc1ccccc1)N(Cc1ccccc1)C2=O. The molecule has 6 heteroatoms. The van der Waals surface area contributed by atoms with Gasteiger partial charge in [-0.15, -0.1) is 6.58 Å². The molecule has 2 aromatic carbocycles. The molecule has 144 valence electrons. The Hall–Kier alpha value is -2.18. The molecule has 28 heavy (non-hydrogen) atoms. The molecule has 2 amide bonds. The zero-order chi connectivity index (χ0) is 19.8. The lowest BCUT2D eigenvalue weighted by atomic mass is 9.99. The third-order valence-corrected chi connectivity index (χ3v) is 8.99. The molecule has 2 bridgehead atoms. The summed E-state index contributed by atoms with van der Waals surface area (Å²) in [6.07, 6.45) is 2.16. The lowest BCUT2D eigenvalue weighted by Crippen LogP contribution is -2.75. The van der Waals surface area contributed by atoms with E-state index < -0.39 is 9.74 Å². The number of benzene rings is 2. The van der Waals surface area contributed by atoms with Gasteiger partial charge in [0.05, 0.1) is 0 Å². The van der Waals surface area contributed by atoms with Crippen molar-refractivity contribution in [3.63, 3.8) is 0 Å². The van der Waals surface area contributed by atoms with Crippen LogP contribution < -0.4 is 0 Å². The highest BCUT2D eigenvalue weighted by molar-refractivity contribution is 8.78. The van der Waals surface area contributed by atoms with Crippen molar-refractivity contribution in [2.75, 3.05) is 0 Å². The van der Waals surface area contributed by atoms with E-state index in [9.17, 15) is 9.59 Å². The molecular formula is C22H22N2O2S2. The first kappa shape index (κ1) is 19.2. The number of hydrogen-bond acceptors (Lipinski definition) is 4. The lowest BCUT2D eigenvalue weighted by molar-refractivity contribution is -0.167. The van der Waals surface area contributed by atoms with Gasteiger partial charge in [-0.25, -0.2) is 0 Å². The molecule has 3 aliphatic rings. The third-order valence-electron chi connectivity index (χ3n) is 5.30. The number of rotatable bonds is 6. The second-order valence-corrected chi connectivity index (χ2v) is 9.98. The number of piperazine rings is 1. The van der Waals surface area contributed by atoms with Crippen LogP contribution in [0.3, 0.4) is 0 Å². The van der Waals surface area contributed by atoms with Crippen molar-refractivity contribution in [2.24, 2.45) is 0 Å². The average molecular weight is 411 g/mol. The standard InChI is InChI=1S/C22H22N2O2S2/c1-3-14-22-20(26)23(15-17-10-6-4-7-11-17)21(2,27-28-22)19(25)24(22)16-18-12-8-5-9-13-18/h3-13H,1,14-16H2,2H3/t21-,22+/m1/s1. The van der Waals surface area contributed by atoms with Gasteiger partial charge in [-0.3, -0.25) is 9.59 Å². The highest BCUT2D eigenvalue weighted by Crippen LogP contribution is 2.60. The van der Waals surface area contributed by atoms with E-state index in [2.05, 4.69) is 6.58 Å². The Kier molecular flexibility index (Phi) is 5.02. The summed E-state index contributed by atoms with van der Waals surface area (Å²) < 4.78 is 0. The van der Waals surface area contributed by atoms with Crippen LogP contribution in [0.5, 0.6) is 0 Å². The molecule has 0 saturated carbocycles. The summed E-state index contributed by atoms with van der Waals surface area (Å²) >= 11 is 0. The Morgan fingerprint density at radius 3 is 1.93 bits per heavy atom. The van der Waals surface area contributed by atoms with E-state index in [-0.39, 0.29) is 11.8 Å². The molecule has 0 spiro atoms. The zero-order valence-corrected chi connectivity index (χ0v) is 17.3. The number of carbonyl (C=O) groups is 2. The van der Waals surface area contributed by atoms with Crippen LogP contribution in [-0.4, -0.2) is 31.4 Å². The maximum atomic E-state index is 13.7. The lowest BCUT2D eigenvalue weighted by Gasteiger charge is -2.59. The van der Waals surface area contributed by atoms with E-state index in [1.165, 1.54) is 21.6 Å². The molecule has 3 heterocycles. The predicted molar refractivity (Wildman–Crippen MR) is 115 cm³/mol. The highest BCUT2D eigenvalue weighted by Gasteiger charge is 2.66. The minimum Gasteiger partial charge on any atom is -0.312 e. The molecule has 0 N–H and O–H groups in total. The average Bonchev–Trinajstić information content (AvgIpc) is 2.72. The largest absolute Gasteiger partial charge is 0.312 e. The van der Waals surface area contributed by atoms with Crippen LogP contribution in [0.15, 0.2) is 73.3 Å². The van der Waals surface area contributed by atoms with Crippen LogP contribution in [0.4, 0.5) is 0 Å². The van der Waals surface area contributed by atoms with Crippen LogP contribution in [-0.2, 0) is 22.7 Å². The van der Waals surface area contributed by atoms with Crippen molar-refractivity contribution in [1.82, 2.24) is 9.80 Å². The van der Waals surface area contributed by atoms with Crippen LogP contribution >= 0.6 is 21.6 Å². The molecule has 0 aromatic heterocycles. The van der Waals surface area contributed by atoms with Gasteiger partial charge in [0, 0.05) is 19.5 Å². The Morgan fingerprint density at radius 2 is 1.39 bits per heavy atom. The normalized spacial score (nSPS) is 26.6. The maximum absolute atomic E-state index is 13.7. The minimum atomic E-state index is -0.952. The molecule has 4 nitrogen and oxygen atoms in total. The number of amides is 2. The van der Waals surface area contributed by atoms with E-state index in [0.29, 0.717) is 19.5 Å². The van der Waals surface area contributed by atoms with Gasteiger partial charge in [-0.1, -0.05) is 88.3 Å². The number of nitrogens with zero attached hydrogens (tertiary/aromatic N) is 2. The number of hydrogen-bond donors (Lipinski definition) is 0. The summed E-state index contributed by atoms with van der Waals surface area (Å²) in [6, 6.07) is 19.7. The van der Waals surface area contributed by atoms with Crippen molar-refractivity contribution in [1.29, 1.82) is 0 Å². The van der Waals surface area contributed by atoms with Crippen molar-refractivity contribution < 1.29 is 9.59 Å². The summed E-state index contributed by atoms with van der Waals surface area (Å²) in [5, 5.41) is 0. The van der Waals surface area contributed by atoms with E-state index in [0.717, 1.165) is 11.1 Å². The molecule has 2 atom stereocenters. The minimum absolute atomic E-state index is 0.0157. The smallest absolute Gasteiger partial charge is 0.262 e. The zero-order valence-electron chi connectivity index (χ0n) is 15.7. The van der Waals surface area contributed by atoms with Gasteiger partial charge in [-0.2, -0.15) is 0 Å². The quantitative estimate of drug-likeness (QED) is 0.521. The summed E-state index contributed by atoms with van der Waals surface area (Å²) in [4.78, 5) is 28.9. The van der Waals surface area contributed by atoms with Crippen LogP contribution in [0.25, 0.3) is 0 Å². The monoisotopic (exact) mass is 410 g/mol. The topological polar surface area (TPSA) is 40.6 Å². The van der Waals surface area contributed by atoms with E-state index in [1.807, 2.05) is 67.6 Å². The van der Waals surface area contributed by atoms with Gasteiger partial charge in [0.2, 0.25) is 0 Å². The van der Waals surface area contributed by atoms with Crippen molar-refractivity contribution in [3.05, 3.63) is 84.4 Å². The van der Waals surface area contributed by atoms with E-state index in [4.69, 9.17) is 0 Å². The molecule has 5 rings (SSSR count). The van der Waals surface area contributed by atoms with Crippen LogP contribution in [0, 0.1) is 0 Å². The van der Waals surface area contributed by atoms with Gasteiger partial charge >= 0.3 is 0 Å². The number of carbonyl (C=O) groups excluding carboxylic acids is 2. The Bertz CT molecular complexity index is 905. The Labute approximate surface area is 173 Å². The van der Waals surface area contributed by atoms with Gasteiger partial charge < -0.3 is 9.80 Å².